The molecular weight excluding hydrogens is 201 g/mol. The summed E-state index contributed by atoms with van der Waals surface area (Å²) in [6.07, 6.45) is 1.76. The van der Waals surface area contributed by atoms with E-state index in [1.165, 1.54) is 11.6 Å². The summed E-state index contributed by atoms with van der Waals surface area (Å²) in [6.45, 7) is 0. The molecule has 0 bridgehead atoms. The molecule has 0 atom stereocenters. The number of benzene rings is 1. The number of aryl methyl sites for hydroxylation is 1. The summed E-state index contributed by atoms with van der Waals surface area (Å²) in [5.41, 5.74) is 2.36. The Labute approximate surface area is 85.5 Å². The molecule has 3 nitrogen and oxygen atoms in total. The molecule has 2 aromatic rings. The van der Waals surface area contributed by atoms with Gasteiger partial charge in [-0.2, -0.15) is 5.10 Å². The predicted octanol–water partition coefficient (Wildman–Crippen LogP) is 2.08. The minimum atomic E-state index is -0.345. The predicted molar refractivity (Wildman–Crippen MR) is 57.9 cm³/mol. The lowest BCUT2D eigenvalue weighted by Gasteiger charge is -1.99. The normalized spacial score (nSPS) is 10.4. The van der Waals surface area contributed by atoms with Crippen molar-refractivity contribution in [3.63, 3.8) is 0 Å². The van der Waals surface area contributed by atoms with Gasteiger partial charge in [-0.3, -0.25) is 4.68 Å². The molecule has 0 saturated heterocycles. The second kappa shape index (κ2) is 3.34. The maximum Gasteiger partial charge on any atom is 0.153 e. The summed E-state index contributed by atoms with van der Waals surface area (Å²) >= 11 is 4.63. The number of halogens is 1. The van der Waals surface area contributed by atoms with Crippen molar-refractivity contribution in [1.82, 2.24) is 9.78 Å². The van der Waals surface area contributed by atoms with Gasteiger partial charge in [0.1, 0.15) is 5.52 Å². The number of hydrogen-bond acceptors (Lipinski definition) is 2. The van der Waals surface area contributed by atoms with E-state index >= 15 is 0 Å². The number of aromatic nitrogens is 2. The minimum absolute atomic E-state index is 0.345. The first-order chi connectivity index (χ1) is 6.70. The molecule has 0 saturated carbocycles. The van der Waals surface area contributed by atoms with Gasteiger partial charge in [0, 0.05) is 24.3 Å². The Morgan fingerprint density at radius 3 is 3.07 bits per heavy atom. The van der Waals surface area contributed by atoms with Crippen molar-refractivity contribution in [1.29, 1.82) is 0 Å². The average Bonchev–Trinajstić information content (AvgIpc) is 2.47. The van der Waals surface area contributed by atoms with Crippen molar-refractivity contribution >= 4 is 34.3 Å². The summed E-state index contributed by atoms with van der Waals surface area (Å²) in [5.74, 6) is -0.345. The van der Waals surface area contributed by atoms with E-state index in [2.05, 4.69) is 22.6 Å². The average molecular weight is 209 g/mol. The number of nitrogens with one attached hydrogen (secondary N) is 1. The fraction of sp³-hybridized carbons (Fsp3) is 0.111. The summed E-state index contributed by atoms with van der Waals surface area (Å²) in [4.78, 5) is 0. The van der Waals surface area contributed by atoms with Gasteiger partial charge in [0.15, 0.2) is 5.82 Å². The zero-order valence-corrected chi connectivity index (χ0v) is 8.31. The van der Waals surface area contributed by atoms with Gasteiger partial charge in [-0.25, -0.2) is 4.39 Å². The lowest BCUT2D eigenvalue weighted by Crippen LogP contribution is -1.92. The molecule has 14 heavy (non-hydrogen) atoms. The Balaban J connectivity index is 2.64. The molecule has 2 rings (SSSR count). The van der Waals surface area contributed by atoms with Crippen LogP contribution in [-0.2, 0) is 7.05 Å². The van der Waals surface area contributed by atoms with E-state index in [0.29, 0.717) is 11.2 Å². The van der Waals surface area contributed by atoms with Gasteiger partial charge in [0.25, 0.3) is 0 Å². The topological polar surface area (TPSA) is 29.9 Å². The van der Waals surface area contributed by atoms with Crippen LogP contribution >= 0.6 is 12.2 Å². The van der Waals surface area contributed by atoms with E-state index in [9.17, 15) is 4.39 Å². The van der Waals surface area contributed by atoms with Gasteiger partial charge in [-0.05, 0) is 12.1 Å². The highest BCUT2D eigenvalue weighted by Gasteiger charge is 2.06. The van der Waals surface area contributed by atoms with E-state index in [-0.39, 0.29) is 5.82 Å². The number of anilines is 1. The van der Waals surface area contributed by atoms with E-state index in [4.69, 9.17) is 0 Å². The number of fused-ring (bicyclic) bond motifs is 1. The summed E-state index contributed by atoms with van der Waals surface area (Å²) in [6, 6.07) is 3.17. The highest BCUT2D eigenvalue weighted by atomic mass is 32.1. The molecule has 0 amide bonds. The lowest BCUT2D eigenvalue weighted by atomic mass is 10.2. The molecule has 1 aromatic carbocycles. The van der Waals surface area contributed by atoms with E-state index < -0.39 is 0 Å². The molecular formula is C9H8FN3S. The Bertz CT molecular complexity index is 492. The Morgan fingerprint density at radius 2 is 2.36 bits per heavy atom. The molecule has 0 unspecified atom stereocenters. The zero-order chi connectivity index (χ0) is 10.1. The standard InChI is InChI=1S/C9H8FN3S/c1-13-4-6-2-7(11-5-14)3-8(10)9(6)12-13/h2-5H,1H3,(H,11,14). The van der Waals surface area contributed by atoms with Crippen LogP contribution in [0.5, 0.6) is 0 Å². The molecule has 0 fully saturated rings. The van der Waals surface area contributed by atoms with Gasteiger partial charge in [0.2, 0.25) is 0 Å². The number of rotatable bonds is 2. The molecule has 0 aliphatic heterocycles. The van der Waals surface area contributed by atoms with Crippen LogP contribution in [0.1, 0.15) is 0 Å². The van der Waals surface area contributed by atoms with Crippen molar-refractivity contribution in [2.45, 2.75) is 0 Å². The number of thiocarbonyl (C=S) groups is 1. The van der Waals surface area contributed by atoms with Crippen LogP contribution in [0.25, 0.3) is 10.9 Å². The molecule has 0 spiro atoms. The maximum atomic E-state index is 13.4. The molecule has 0 aliphatic carbocycles. The van der Waals surface area contributed by atoms with Gasteiger partial charge in [0.05, 0.1) is 5.49 Å². The fourth-order valence-electron chi connectivity index (χ4n) is 1.36. The quantitative estimate of drug-likeness (QED) is 0.768. The first kappa shape index (κ1) is 9.08. The summed E-state index contributed by atoms with van der Waals surface area (Å²) in [7, 11) is 1.76. The molecule has 1 aromatic heterocycles. The monoisotopic (exact) mass is 209 g/mol. The van der Waals surface area contributed by atoms with Crippen LogP contribution < -0.4 is 5.32 Å². The smallest absolute Gasteiger partial charge is 0.153 e. The van der Waals surface area contributed by atoms with Crippen molar-refractivity contribution in [3.8, 4) is 0 Å². The fourth-order valence-corrected chi connectivity index (χ4v) is 1.50. The Morgan fingerprint density at radius 1 is 1.57 bits per heavy atom. The third kappa shape index (κ3) is 1.46. The molecule has 72 valence electrons. The van der Waals surface area contributed by atoms with Crippen LogP contribution in [0.2, 0.25) is 0 Å². The van der Waals surface area contributed by atoms with Crippen LogP contribution in [0.15, 0.2) is 18.3 Å². The third-order valence-electron chi connectivity index (χ3n) is 1.90. The molecule has 5 heteroatoms. The Kier molecular flexibility index (Phi) is 2.17. The van der Waals surface area contributed by atoms with E-state index in [1.807, 2.05) is 0 Å². The van der Waals surface area contributed by atoms with E-state index in [1.54, 1.807) is 24.0 Å². The molecule has 1 N–H and O–H groups in total. The van der Waals surface area contributed by atoms with Gasteiger partial charge in [-0.1, -0.05) is 12.2 Å². The molecule has 1 heterocycles. The summed E-state index contributed by atoms with van der Waals surface area (Å²) in [5, 5.41) is 7.51. The molecule has 0 aliphatic rings. The first-order valence-electron chi connectivity index (χ1n) is 4.04. The first-order valence-corrected chi connectivity index (χ1v) is 4.51. The minimum Gasteiger partial charge on any atom is -0.353 e. The van der Waals surface area contributed by atoms with E-state index in [0.717, 1.165) is 5.39 Å². The van der Waals surface area contributed by atoms with Gasteiger partial charge >= 0.3 is 0 Å². The molecule has 0 radical (unpaired) electrons. The van der Waals surface area contributed by atoms with Crippen LogP contribution in [0.4, 0.5) is 10.1 Å². The Hall–Kier alpha value is -1.49. The highest BCUT2D eigenvalue weighted by molar-refractivity contribution is 7.79. The second-order valence-corrected chi connectivity index (χ2v) is 3.20. The number of hydrogen-bond donors (Lipinski definition) is 1. The van der Waals surface area contributed by atoms with Crippen LogP contribution in [-0.4, -0.2) is 15.3 Å². The lowest BCUT2D eigenvalue weighted by molar-refractivity contribution is 0.633. The second-order valence-electron chi connectivity index (χ2n) is 2.96. The van der Waals surface area contributed by atoms with Crippen molar-refractivity contribution < 1.29 is 4.39 Å². The van der Waals surface area contributed by atoms with Crippen LogP contribution in [0.3, 0.4) is 0 Å². The third-order valence-corrected chi connectivity index (χ3v) is 2.02. The van der Waals surface area contributed by atoms with Crippen LogP contribution in [0, 0.1) is 5.82 Å². The van der Waals surface area contributed by atoms with Gasteiger partial charge < -0.3 is 5.32 Å². The van der Waals surface area contributed by atoms with Crippen molar-refractivity contribution in [3.05, 3.63) is 24.1 Å². The zero-order valence-electron chi connectivity index (χ0n) is 7.49. The summed E-state index contributed by atoms with van der Waals surface area (Å²) < 4.78 is 15.0. The SMILES string of the molecule is Cn1cc2cc(NC=S)cc(F)c2n1. The highest BCUT2D eigenvalue weighted by Crippen LogP contribution is 2.20. The van der Waals surface area contributed by atoms with Crippen molar-refractivity contribution in [2.75, 3.05) is 5.32 Å². The van der Waals surface area contributed by atoms with Gasteiger partial charge in [-0.15, -0.1) is 0 Å². The van der Waals surface area contributed by atoms with Crippen molar-refractivity contribution in [2.24, 2.45) is 7.05 Å². The largest absolute Gasteiger partial charge is 0.353 e. The maximum absolute atomic E-state index is 13.4. The number of nitrogens with zero attached hydrogens (tertiary/aromatic N) is 2.